The van der Waals surface area contributed by atoms with Crippen molar-refractivity contribution in [2.24, 2.45) is 7.05 Å². The van der Waals surface area contributed by atoms with Gasteiger partial charge >= 0.3 is 0 Å². The first-order valence-electron chi connectivity index (χ1n) is 16.8. The molecule has 12 heteroatoms. The molecule has 50 heavy (non-hydrogen) atoms. The predicted octanol–water partition coefficient (Wildman–Crippen LogP) is 6.99. The molecule has 258 valence electrons. The van der Waals surface area contributed by atoms with Crippen molar-refractivity contribution < 1.29 is 27.8 Å². The number of ether oxygens (including phenoxy) is 3. The number of halogens is 2. The van der Waals surface area contributed by atoms with Gasteiger partial charge in [0.1, 0.15) is 35.0 Å². The molecule has 2 aromatic carbocycles. The number of imidazole rings is 1. The summed E-state index contributed by atoms with van der Waals surface area (Å²) in [4.78, 5) is 24.6. The highest BCUT2D eigenvalue weighted by molar-refractivity contribution is 5.91. The van der Waals surface area contributed by atoms with Crippen LogP contribution in [0, 0.1) is 18.6 Å². The number of benzene rings is 2. The fourth-order valence-corrected chi connectivity index (χ4v) is 7.54. The number of carbonyl (C=O) groups excluding carboxylic acids is 1. The Labute approximate surface area is 288 Å². The zero-order valence-corrected chi connectivity index (χ0v) is 28.7. The van der Waals surface area contributed by atoms with E-state index in [2.05, 4.69) is 6.58 Å². The zero-order chi connectivity index (χ0) is 35.0. The summed E-state index contributed by atoms with van der Waals surface area (Å²) in [6.07, 6.45) is 2.31. The van der Waals surface area contributed by atoms with Gasteiger partial charge in [0.05, 0.1) is 65.1 Å². The van der Waals surface area contributed by atoms with Crippen LogP contribution in [0.25, 0.3) is 44.8 Å². The molecular formula is C38H38F2N6O4. The minimum absolute atomic E-state index is 0.0321. The Kier molecular flexibility index (Phi) is 7.83. The first-order chi connectivity index (χ1) is 24.1. The lowest BCUT2D eigenvalue weighted by Gasteiger charge is -2.36. The summed E-state index contributed by atoms with van der Waals surface area (Å²) >= 11 is 0. The van der Waals surface area contributed by atoms with E-state index in [0.717, 1.165) is 45.3 Å². The molecule has 1 fully saturated rings. The van der Waals surface area contributed by atoms with E-state index >= 15 is 4.39 Å². The minimum Gasteiger partial charge on any atom is -0.489 e. The van der Waals surface area contributed by atoms with Crippen LogP contribution in [-0.2, 0) is 34.5 Å². The van der Waals surface area contributed by atoms with Crippen LogP contribution in [0.5, 0.6) is 5.75 Å². The fourth-order valence-electron chi connectivity index (χ4n) is 7.54. The standard InChI is InChI=1S/C38H38F2N6O4/c1-7-34(47)45-16-19(2)46-32(20(45)3)15-30(43-46)38-35(36-28(40)11-23(39)12-33(36)50-25-13-24(14-25)48-6)26-17-49-18-27(26)37(42-38)22-8-9-31-29(10-22)41-21(4)44(31)5/h7-12,15,19-20,24-25H,1,13-14,16-18H2,2-6H3/t19-,20+,24?,25?/m0/s1. The third-order valence-corrected chi connectivity index (χ3v) is 10.5. The van der Waals surface area contributed by atoms with Crippen molar-refractivity contribution in [3.05, 3.63) is 83.3 Å². The number of hydrogen-bond donors (Lipinski definition) is 0. The third-order valence-electron chi connectivity index (χ3n) is 10.5. The fraction of sp³-hybridized carbons (Fsp3) is 0.368. The molecule has 0 N–H and O–H groups in total. The molecule has 2 aliphatic heterocycles. The molecule has 5 heterocycles. The highest BCUT2D eigenvalue weighted by Gasteiger charge is 2.37. The predicted molar refractivity (Wildman–Crippen MR) is 183 cm³/mol. The van der Waals surface area contributed by atoms with Gasteiger partial charge in [0.2, 0.25) is 5.91 Å². The van der Waals surface area contributed by atoms with Crippen molar-refractivity contribution in [3.63, 3.8) is 0 Å². The van der Waals surface area contributed by atoms with E-state index in [1.165, 1.54) is 12.1 Å². The van der Waals surface area contributed by atoms with Crippen LogP contribution in [-0.4, -0.2) is 61.0 Å². The lowest BCUT2D eigenvalue weighted by molar-refractivity contribution is -0.129. The molecule has 0 radical (unpaired) electrons. The second-order valence-corrected chi connectivity index (χ2v) is 13.5. The molecule has 1 aliphatic carbocycles. The molecular weight excluding hydrogens is 642 g/mol. The average molecular weight is 681 g/mol. The normalized spacial score (nSPS) is 21.2. The summed E-state index contributed by atoms with van der Waals surface area (Å²) in [7, 11) is 3.62. The second-order valence-electron chi connectivity index (χ2n) is 13.5. The van der Waals surface area contributed by atoms with Gasteiger partial charge in [-0.1, -0.05) is 12.6 Å². The Balaban J connectivity index is 1.37. The molecule has 1 amide bonds. The summed E-state index contributed by atoms with van der Waals surface area (Å²) in [6.45, 7) is 10.5. The van der Waals surface area contributed by atoms with E-state index in [4.69, 9.17) is 29.3 Å². The van der Waals surface area contributed by atoms with Gasteiger partial charge in [-0.3, -0.25) is 9.48 Å². The number of rotatable bonds is 7. The quantitative estimate of drug-likeness (QED) is 0.171. The van der Waals surface area contributed by atoms with Gasteiger partial charge in [-0.15, -0.1) is 0 Å². The molecule has 3 aromatic heterocycles. The number of amides is 1. The van der Waals surface area contributed by atoms with Gasteiger partial charge in [0.15, 0.2) is 0 Å². The Hall–Kier alpha value is -4.94. The maximum Gasteiger partial charge on any atom is 0.246 e. The first kappa shape index (κ1) is 32.3. The average Bonchev–Trinajstić information content (AvgIpc) is 3.81. The van der Waals surface area contributed by atoms with Crippen LogP contribution >= 0.6 is 0 Å². The van der Waals surface area contributed by atoms with Gasteiger partial charge < -0.3 is 23.7 Å². The zero-order valence-electron chi connectivity index (χ0n) is 28.7. The van der Waals surface area contributed by atoms with Gasteiger partial charge in [-0.05, 0) is 50.6 Å². The summed E-state index contributed by atoms with van der Waals surface area (Å²) in [5.41, 5.74) is 7.10. The van der Waals surface area contributed by atoms with Gasteiger partial charge in [-0.25, -0.2) is 18.7 Å². The van der Waals surface area contributed by atoms with E-state index < -0.39 is 11.6 Å². The number of aromatic nitrogens is 5. The smallest absolute Gasteiger partial charge is 0.246 e. The van der Waals surface area contributed by atoms with Crippen LogP contribution < -0.4 is 4.74 Å². The van der Waals surface area contributed by atoms with Gasteiger partial charge in [0.25, 0.3) is 0 Å². The number of carbonyl (C=O) groups is 1. The molecule has 0 saturated heterocycles. The van der Waals surface area contributed by atoms with E-state index in [1.807, 2.05) is 61.3 Å². The molecule has 2 atom stereocenters. The van der Waals surface area contributed by atoms with Crippen molar-refractivity contribution in [1.29, 1.82) is 0 Å². The Morgan fingerprint density at radius 1 is 1.02 bits per heavy atom. The number of aryl methyl sites for hydroxylation is 2. The SMILES string of the molecule is C=CC(=O)N1C[C@H](C)n2nc(-c3nc(-c4ccc5c(c4)nc(C)n5C)c4c(c3-c3c(F)cc(F)cc3OC3CC(OC)C3)COC4)cc2[C@H]1C. The molecule has 5 aromatic rings. The summed E-state index contributed by atoms with van der Waals surface area (Å²) in [5, 5.41) is 5.05. The van der Waals surface area contributed by atoms with Crippen LogP contribution in [0.15, 0.2) is 49.1 Å². The minimum atomic E-state index is -0.772. The molecule has 1 saturated carbocycles. The first-order valence-corrected chi connectivity index (χ1v) is 16.8. The Morgan fingerprint density at radius 2 is 1.80 bits per heavy atom. The number of methoxy groups -OCH3 is 1. The summed E-state index contributed by atoms with van der Waals surface area (Å²) in [5.74, 6) is -0.713. The van der Waals surface area contributed by atoms with E-state index in [9.17, 15) is 9.18 Å². The Morgan fingerprint density at radius 3 is 2.56 bits per heavy atom. The van der Waals surface area contributed by atoms with Crippen molar-refractivity contribution in [2.75, 3.05) is 13.7 Å². The van der Waals surface area contributed by atoms with Crippen LogP contribution in [0.3, 0.4) is 0 Å². The largest absolute Gasteiger partial charge is 0.489 e. The molecule has 8 rings (SSSR count). The maximum absolute atomic E-state index is 16.3. The van der Waals surface area contributed by atoms with Gasteiger partial charge in [-0.2, -0.15) is 5.10 Å². The molecule has 3 aliphatic rings. The number of pyridine rings is 1. The monoisotopic (exact) mass is 680 g/mol. The molecule has 0 spiro atoms. The molecule has 0 bridgehead atoms. The molecule has 0 unspecified atom stereocenters. The number of fused-ring (bicyclic) bond motifs is 3. The highest BCUT2D eigenvalue weighted by Crippen LogP contribution is 2.48. The van der Waals surface area contributed by atoms with Crippen molar-refractivity contribution in [2.45, 2.75) is 71.1 Å². The maximum atomic E-state index is 16.3. The number of nitrogens with zero attached hydrogens (tertiary/aromatic N) is 6. The topological polar surface area (TPSA) is 96.5 Å². The number of hydrogen-bond acceptors (Lipinski definition) is 7. The van der Waals surface area contributed by atoms with Crippen LogP contribution in [0.4, 0.5) is 8.78 Å². The molecule has 10 nitrogen and oxygen atoms in total. The van der Waals surface area contributed by atoms with Crippen molar-refractivity contribution in [1.82, 2.24) is 29.2 Å². The van der Waals surface area contributed by atoms with Crippen molar-refractivity contribution in [3.8, 4) is 39.5 Å². The third kappa shape index (κ3) is 5.11. The van der Waals surface area contributed by atoms with Crippen LogP contribution in [0.2, 0.25) is 0 Å². The van der Waals surface area contributed by atoms with E-state index in [1.54, 1.807) is 12.0 Å². The van der Waals surface area contributed by atoms with E-state index in [-0.39, 0.29) is 54.7 Å². The lowest BCUT2D eigenvalue weighted by Crippen LogP contribution is -2.42. The highest BCUT2D eigenvalue weighted by atomic mass is 19.1. The van der Waals surface area contributed by atoms with Crippen LogP contribution in [0.1, 0.15) is 61.4 Å². The second kappa shape index (κ2) is 12.1. The van der Waals surface area contributed by atoms with Crippen molar-refractivity contribution >= 4 is 16.9 Å². The summed E-state index contributed by atoms with van der Waals surface area (Å²) in [6, 6.07) is 9.59. The van der Waals surface area contributed by atoms with E-state index in [0.29, 0.717) is 42.0 Å². The lowest BCUT2D eigenvalue weighted by atomic mass is 9.89. The summed E-state index contributed by atoms with van der Waals surface area (Å²) < 4.78 is 53.0. The Bertz CT molecular complexity index is 2200. The van der Waals surface area contributed by atoms with Gasteiger partial charge in [0, 0.05) is 62.4 Å².